The first-order valence-corrected chi connectivity index (χ1v) is 8.40. The Bertz CT molecular complexity index is 885. The zero-order valence-electron chi connectivity index (χ0n) is 14.3. The molecule has 0 aliphatic carbocycles. The van der Waals surface area contributed by atoms with Gasteiger partial charge in [0.1, 0.15) is 0 Å². The molecule has 27 heavy (non-hydrogen) atoms. The summed E-state index contributed by atoms with van der Waals surface area (Å²) in [6, 6.07) is 10.1. The summed E-state index contributed by atoms with van der Waals surface area (Å²) in [5.41, 5.74) is 5.71. The summed E-state index contributed by atoms with van der Waals surface area (Å²) in [5.74, 6) is -0.803. The van der Waals surface area contributed by atoms with Gasteiger partial charge in [-0.25, -0.2) is 10.2 Å². The Morgan fingerprint density at radius 3 is 2.30 bits per heavy atom. The van der Waals surface area contributed by atoms with Crippen molar-refractivity contribution in [3.05, 3.63) is 70.7 Å². The number of hydrazine groups is 1. The fraction of sp³-hybridized carbons (Fsp3) is 0.0556. The van der Waals surface area contributed by atoms with Gasteiger partial charge in [-0.2, -0.15) is 0 Å². The van der Waals surface area contributed by atoms with Crippen molar-refractivity contribution in [3.8, 4) is 0 Å². The zero-order valence-corrected chi connectivity index (χ0v) is 15.8. The second kappa shape index (κ2) is 9.07. The first kappa shape index (κ1) is 20.3. The summed E-state index contributed by atoms with van der Waals surface area (Å²) in [5, 5.41) is 3.17. The molecule has 2 aromatic carbocycles. The minimum absolute atomic E-state index is 0.262. The molecule has 7 nitrogen and oxygen atoms in total. The number of rotatable bonds is 4. The fourth-order valence-corrected chi connectivity index (χ4v) is 2.49. The van der Waals surface area contributed by atoms with Crippen LogP contribution in [0.5, 0.6) is 0 Å². The van der Waals surface area contributed by atoms with E-state index in [1.165, 1.54) is 35.2 Å². The van der Waals surface area contributed by atoms with Gasteiger partial charge in [0.15, 0.2) is 0 Å². The van der Waals surface area contributed by atoms with Crippen LogP contribution in [-0.2, 0) is 4.79 Å². The molecule has 0 unspecified atom stereocenters. The molecule has 0 aliphatic heterocycles. The number of urea groups is 1. The highest BCUT2D eigenvalue weighted by atomic mass is 35.5. The van der Waals surface area contributed by atoms with Crippen LogP contribution >= 0.6 is 23.2 Å². The number of carbonyl (C=O) groups is 3. The average molecular weight is 407 g/mol. The molecule has 0 bridgehead atoms. The molecule has 0 saturated heterocycles. The van der Waals surface area contributed by atoms with E-state index in [0.29, 0.717) is 22.0 Å². The fourth-order valence-electron chi connectivity index (χ4n) is 2.03. The summed E-state index contributed by atoms with van der Waals surface area (Å²) in [6.45, 7) is 3.42. The van der Waals surface area contributed by atoms with Crippen molar-refractivity contribution in [2.75, 3.05) is 17.3 Å². The van der Waals surface area contributed by atoms with E-state index in [2.05, 4.69) is 22.7 Å². The molecule has 0 saturated carbocycles. The third-order valence-electron chi connectivity index (χ3n) is 3.49. The SMILES string of the molecule is C=CC(=O)N(C)c1ccc(C(=O)NNC(=O)Nc2ccc(Cl)cc2Cl)cc1. The van der Waals surface area contributed by atoms with Crippen LogP contribution in [0.25, 0.3) is 0 Å². The van der Waals surface area contributed by atoms with E-state index in [4.69, 9.17) is 23.2 Å². The van der Waals surface area contributed by atoms with E-state index in [9.17, 15) is 14.4 Å². The van der Waals surface area contributed by atoms with Crippen molar-refractivity contribution in [3.63, 3.8) is 0 Å². The molecule has 0 aliphatic rings. The number of amides is 4. The summed E-state index contributed by atoms with van der Waals surface area (Å²) >= 11 is 11.7. The summed E-state index contributed by atoms with van der Waals surface area (Å²) in [6.07, 6.45) is 1.19. The second-order valence-electron chi connectivity index (χ2n) is 5.31. The third-order valence-corrected chi connectivity index (χ3v) is 4.04. The van der Waals surface area contributed by atoms with Crippen LogP contribution in [0.3, 0.4) is 0 Å². The van der Waals surface area contributed by atoms with Crippen LogP contribution in [-0.4, -0.2) is 24.9 Å². The van der Waals surface area contributed by atoms with Crippen LogP contribution in [0.2, 0.25) is 10.0 Å². The quantitative estimate of drug-likeness (QED) is 0.534. The van der Waals surface area contributed by atoms with Crippen LogP contribution in [0, 0.1) is 0 Å². The number of halogens is 2. The standard InChI is InChI=1S/C18H16Cl2N4O3/c1-3-16(25)24(2)13-7-4-11(5-8-13)17(26)22-23-18(27)21-15-9-6-12(19)10-14(15)20/h3-10H,1H2,2H3,(H,22,26)(H2,21,23,27). The van der Waals surface area contributed by atoms with Crippen molar-refractivity contribution < 1.29 is 14.4 Å². The van der Waals surface area contributed by atoms with E-state index in [-0.39, 0.29) is 10.9 Å². The predicted octanol–water partition coefficient (Wildman–Crippen LogP) is 3.61. The lowest BCUT2D eigenvalue weighted by atomic mass is 10.2. The van der Waals surface area contributed by atoms with Crippen LogP contribution in [0.4, 0.5) is 16.2 Å². The lowest BCUT2D eigenvalue weighted by Gasteiger charge is -2.15. The van der Waals surface area contributed by atoms with Crippen LogP contribution in [0.1, 0.15) is 10.4 Å². The Morgan fingerprint density at radius 1 is 1.04 bits per heavy atom. The van der Waals surface area contributed by atoms with E-state index in [1.807, 2.05) is 0 Å². The molecule has 4 amide bonds. The maximum atomic E-state index is 12.1. The Balaban J connectivity index is 1.92. The van der Waals surface area contributed by atoms with Crippen molar-refractivity contribution >= 4 is 52.4 Å². The predicted molar refractivity (Wildman–Crippen MR) is 106 cm³/mol. The highest BCUT2D eigenvalue weighted by Gasteiger charge is 2.11. The summed E-state index contributed by atoms with van der Waals surface area (Å²) < 4.78 is 0. The molecule has 2 aromatic rings. The van der Waals surface area contributed by atoms with Gasteiger partial charge in [-0.05, 0) is 48.5 Å². The molecule has 140 valence electrons. The number of likely N-dealkylation sites (N-methyl/N-ethyl adjacent to an activating group) is 1. The van der Waals surface area contributed by atoms with Crippen LogP contribution < -0.4 is 21.1 Å². The van der Waals surface area contributed by atoms with Crippen molar-refractivity contribution in [2.24, 2.45) is 0 Å². The highest BCUT2D eigenvalue weighted by Crippen LogP contribution is 2.25. The average Bonchev–Trinajstić information content (AvgIpc) is 2.67. The van der Waals surface area contributed by atoms with Gasteiger partial charge < -0.3 is 10.2 Å². The van der Waals surface area contributed by atoms with Crippen molar-refractivity contribution in [1.82, 2.24) is 10.9 Å². The molecule has 0 atom stereocenters. The second-order valence-corrected chi connectivity index (χ2v) is 6.15. The minimum Gasteiger partial charge on any atom is -0.312 e. The molecule has 9 heteroatoms. The smallest absolute Gasteiger partial charge is 0.312 e. The first-order valence-electron chi connectivity index (χ1n) is 7.64. The number of hydrogen-bond donors (Lipinski definition) is 3. The lowest BCUT2D eigenvalue weighted by Crippen LogP contribution is -2.43. The van der Waals surface area contributed by atoms with Gasteiger partial charge in [0.2, 0.25) is 5.91 Å². The van der Waals surface area contributed by atoms with Gasteiger partial charge >= 0.3 is 6.03 Å². The van der Waals surface area contributed by atoms with Gasteiger partial charge in [-0.3, -0.25) is 15.0 Å². The Kier molecular flexibility index (Phi) is 6.81. The molecular weight excluding hydrogens is 391 g/mol. The minimum atomic E-state index is -0.680. The number of nitrogens with one attached hydrogen (secondary N) is 3. The number of benzene rings is 2. The maximum Gasteiger partial charge on any atom is 0.337 e. The van der Waals surface area contributed by atoms with Gasteiger partial charge in [0, 0.05) is 23.3 Å². The number of anilines is 2. The summed E-state index contributed by atoms with van der Waals surface area (Å²) in [4.78, 5) is 36.9. The van der Waals surface area contributed by atoms with E-state index in [0.717, 1.165) is 0 Å². The lowest BCUT2D eigenvalue weighted by molar-refractivity contribution is -0.113. The number of hydrogen-bond acceptors (Lipinski definition) is 3. The molecule has 3 N–H and O–H groups in total. The normalized spacial score (nSPS) is 9.89. The van der Waals surface area contributed by atoms with Gasteiger partial charge in [-0.1, -0.05) is 29.8 Å². The van der Waals surface area contributed by atoms with E-state index < -0.39 is 11.9 Å². The maximum absolute atomic E-state index is 12.1. The highest BCUT2D eigenvalue weighted by molar-refractivity contribution is 6.36. The molecule has 0 fully saturated rings. The molecular formula is C18H16Cl2N4O3. The number of carbonyl (C=O) groups excluding carboxylic acids is 3. The molecule has 0 radical (unpaired) electrons. The Hall–Kier alpha value is -3.03. The van der Waals surface area contributed by atoms with Crippen molar-refractivity contribution in [2.45, 2.75) is 0 Å². The molecule has 0 spiro atoms. The molecule has 0 heterocycles. The van der Waals surface area contributed by atoms with Crippen LogP contribution in [0.15, 0.2) is 55.1 Å². The van der Waals surface area contributed by atoms with Gasteiger partial charge in [0.05, 0.1) is 10.7 Å². The van der Waals surface area contributed by atoms with Crippen molar-refractivity contribution in [1.29, 1.82) is 0 Å². The Morgan fingerprint density at radius 2 is 1.70 bits per heavy atom. The van der Waals surface area contributed by atoms with Gasteiger partial charge in [-0.15, -0.1) is 0 Å². The summed E-state index contributed by atoms with van der Waals surface area (Å²) in [7, 11) is 1.59. The topological polar surface area (TPSA) is 90.5 Å². The molecule has 2 rings (SSSR count). The Labute approximate surface area is 165 Å². The van der Waals surface area contributed by atoms with E-state index in [1.54, 1.807) is 25.2 Å². The zero-order chi connectivity index (χ0) is 20.0. The number of nitrogens with zero attached hydrogens (tertiary/aromatic N) is 1. The largest absolute Gasteiger partial charge is 0.337 e. The molecule has 0 aromatic heterocycles. The third kappa shape index (κ3) is 5.47. The first-order chi connectivity index (χ1) is 12.8. The monoisotopic (exact) mass is 406 g/mol. The van der Waals surface area contributed by atoms with E-state index >= 15 is 0 Å². The van der Waals surface area contributed by atoms with Gasteiger partial charge in [0.25, 0.3) is 5.91 Å².